The van der Waals surface area contributed by atoms with Crippen LogP contribution >= 0.6 is 0 Å². The third kappa shape index (κ3) is 8.95. The van der Waals surface area contributed by atoms with Crippen molar-refractivity contribution in [2.24, 2.45) is 17.8 Å². The normalized spacial score (nSPS) is 26.4. The van der Waals surface area contributed by atoms with Crippen LogP contribution in [0.25, 0.3) is 0 Å². The summed E-state index contributed by atoms with van der Waals surface area (Å²) < 4.78 is 6.00. The van der Waals surface area contributed by atoms with Crippen LogP contribution in [0.2, 0.25) is 0 Å². The Morgan fingerprint density at radius 3 is 2.06 bits per heavy atom. The van der Waals surface area contributed by atoms with Gasteiger partial charge in [-0.3, -0.25) is 0 Å². The van der Waals surface area contributed by atoms with E-state index in [-0.39, 0.29) is 0 Å². The van der Waals surface area contributed by atoms with Gasteiger partial charge in [-0.25, -0.2) is 0 Å². The van der Waals surface area contributed by atoms with Crippen LogP contribution in [0.15, 0.2) is 36.4 Å². The van der Waals surface area contributed by atoms with E-state index in [1.165, 1.54) is 108 Å². The summed E-state index contributed by atoms with van der Waals surface area (Å²) in [5.74, 6) is 4.54. The molecule has 0 spiro atoms. The van der Waals surface area contributed by atoms with Crippen LogP contribution in [0.4, 0.5) is 0 Å². The number of benzene rings is 1. The zero-order valence-electron chi connectivity index (χ0n) is 21.2. The van der Waals surface area contributed by atoms with Crippen molar-refractivity contribution < 1.29 is 4.74 Å². The molecule has 3 rings (SSSR count). The van der Waals surface area contributed by atoms with Crippen LogP contribution < -0.4 is 4.74 Å². The lowest BCUT2D eigenvalue weighted by atomic mass is 9.77. The molecule has 2 fully saturated rings. The van der Waals surface area contributed by atoms with Gasteiger partial charge in [0.15, 0.2) is 0 Å². The third-order valence-corrected chi connectivity index (χ3v) is 8.26. The van der Waals surface area contributed by atoms with Gasteiger partial charge >= 0.3 is 0 Å². The molecule has 32 heavy (non-hydrogen) atoms. The number of unbranched alkanes of at least 4 members (excludes halogenated alkanes) is 4. The van der Waals surface area contributed by atoms with Crippen LogP contribution in [0.3, 0.4) is 0 Å². The van der Waals surface area contributed by atoms with Gasteiger partial charge in [0.2, 0.25) is 0 Å². The third-order valence-electron chi connectivity index (χ3n) is 8.26. The Labute approximate surface area is 199 Å². The molecule has 0 saturated heterocycles. The molecule has 0 atom stereocenters. The monoisotopic (exact) mass is 438 g/mol. The molecule has 0 radical (unpaired) electrons. The van der Waals surface area contributed by atoms with Crippen LogP contribution in [0.5, 0.6) is 5.75 Å². The Morgan fingerprint density at radius 2 is 1.38 bits per heavy atom. The van der Waals surface area contributed by atoms with Crippen molar-refractivity contribution in [1.82, 2.24) is 0 Å². The maximum absolute atomic E-state index is 6.00. The van der Waals surface area contributed by atoms with Gasteiger partial charge in [0.25, 0.3) is 0 Å². The molecule has 1 nitrogen and oxygen atoms in total. The maximum atomic E-state index is 6.00. The summed E-state index contributed by atoms with van der Waals surface area (Å²) in [7, 11) is 0. The molecule has 2 aliphatic rings. The van der Waals surface area contributed by atoms with E-state index in [0.29, 0.717) is 6.61 Å². The average Bonchev–Trinajstić information content (AvgIpc) is 2.84. The number of rotatable bonds is 13. The van der Waals surface area contributed by atoms with Crippen molar-refractivity contribution in [3.63, 3.8) is 0 Å². The first-order valence-electron chi connectivity index (χ1n) is 14.2. The molecule has 0 amide bonds. The average molecular weight is 439 g/mol. The lowest BCUT2D eigenvalue weighted by molar-refractivity contribution is 0.292. The molecule has 0 aliphatic heterocycles. The molecule has 0 aromatic heterocycles. The quantitative estimate of drug-likeness (QED) is 0.220. The molecule has 180 valence electrons. The van der Waals surface area contributed by atoms with Gasteiger partial charge in [0.05, 0.1) is 0 Å². The minimum absolute atomic E-state index is 0.706. The Kier molecular flexibility index (Phi) is 11.8. The largest absolute Gasteiger partial charge is 0.490 e. The Balaban J connectivity index is 1.30. The van der Waals surface area contributed by atoms with Crippen molar-refractivity contribution in [3.05, 3.63) is 42.0 Å². The van der Waals surface area contributed by atoms with Gasteiger partial charge in [-0.2, -0.15) is 0 Å². The van der Waals surface area contributed by atoms with Crippen LogP contribution in [0.1, 0.15) is 128 Å². The van der Waals surface area contributed by atoms with E-state index in [1.54, 1.807) is 0 Å². The standard InChI is InChI=1S/C31H50O/c1-3-5-6-7-8-11-27-17-19-29(20-18-27)30-21-23-31(24-22-30)32-25-9-12-28-15-13-26(10-4-2)14-16-28/h9,12,21-24,26-29H,3-8,10-11,13-20,25H2,1-2H3/b12-9+/t26-,27-,28-,29-. The number of ether oxygens (including phenoxy) is 1. The number of hydrogen-bond donors (Lipinski definition) is 0. The van der Waals surface area contributed by atoms with Gasteiger partial charge in [0, 0.05) is 0 Å². The van der Waals surface area contributed by atoms with Crippen molar-refractivity contribution in [3.8, 4) is 5.75 Å². The van der Waals surface area contributed by atoms with E-state index >= 15 is 0 Å². The molecule has 1 aromatic rings. The fourth-order valence-electron chi connectivity index (χ4n) is 6.13. The van der Waals surface area contributed by atoms with E-state index in [9.17, 15) is 0 Å². The fourth-order valence-corrected chi connectivity index (χ4v) is 6.13. The first-order valence-corrected chi connectivity index (χ1v) is 14.2. The summed E-state index contributed by atoms with van der Waals surface area (Å²) in [4.78, 5) is 0. The highest BCUT2D eigenvalue weighted by molar-refractivity contribution is 5.30. The second kappa shape index (κ2) is 14.8. The van der Waals surface area contributed by atoms with Crippen LogP contribution in [-0.2, 0) is 0 Å². The number of hydrogen-bond acceptors (Lipinski definition) is 1. The Morgan fingerprint density at radius 1 is 0.719 bits per heavy atom. The van der Waals surface area contributed by atoms with Gasteiger partial charge < -0.3 is 4.74 Å². The maximum Gasteiger partial charge on any atom is 0.119 e. The molecule has 0 N–H and O–H groups in total. The minimum atomic E-state index is 0.706. The second-order valence-corrected chi connectivity index (χ2v) is 10.8. The van der Waals surface area contributed by atoms with Gasteiger partial charge in [-0.15, -0.1) is 0 Å². The highest BCUT2D eigenvalue weighted by atomic mass is 16.5. The Bertz CT molecular complexity index is 614. The van der Waals surface area contributed by atoms with Gasteiger partial charge in [0.1, 0.15) is 12.4 Å². The zero-order valence-corrected chi connectivity index (χ0v) is 21.2. The molecule has 0 unspecified atom stereocenters. The summed E-state index contributed by atoms with van der Waals surface area (Å²) in [5, 5.41) is 0. The molecular weight excluding hydrogens is 388 g/mol. The van der Waals surface area contributed by atoms with Crippen LogP contribution in [0, 0.1) is 17.8 Å². The predicted octanol–water partition coefficient (Wildman–Crippen LogP) is 9.86. The topological polar surface area (TPSA) is 9.23 Å². The SMILES string of the molecule is CCCCCCC[C@H]1CC[C@H](c2ccc(OC/C=C/[C@H]3CC[C@H](CCC)CC3)cc2)CC1. The number of allylic oxidation sites excluding steroid dienone is 1. The van der Waals surface area contributed by atoms with Crippen LogP contribution in [-0.4, -0.2) is 6.61 Å². The molecule has 2 saturated carbocycles. The Hall–Kier alpha value is -1.24. The summed E-state index contributed by atoms with van der Waals surface area (Å²) in [6, 6.07) is 9.03. The summed E-state index contributed by atoms with van der Waals surface area (Å²) in [6.45, 7) is 5.33. The van der Waals surface area contributed by atoms with E-state index in [2.05, 4.69) is 50.3 Å². The second-order valence-electron chi connectivity index (χ2n) is 10.8. The molecule has 1 aromatic carbocycles. The summed E-state index contributed by atoms with van der Waals surface area (Å²) >= 11 is 0. The molecule has 0 bridgehead atoms. The van der Waals surface area contributed by atoms with Crippen molar-refractivity contribution >= 4 is 0 Å². The van der Waals surface area contributed by atoms with Crippen molar-refractivity contribution in [2.45, 2.75) is 122 Å². The van der Waals surface area contributed by atoms with Crippen molar-refractivity contribution in [1.29, 1.82) is 0 Å². The highest BCUT2D eigenvalue weighted by Crippen LogP contribution is 2.38. The first-order chi connectivity index (χ1) is 15.8. The van der Waals surface area contributed by atoms with E-state index in [0.717, 1.165) is 29.4 Å². The summed E-state index contributed by atoms with van der Waals surface area (Å²) in [6.07, 6.45) is 27.2. The van der Waals surface area contributed by atoms with E-state index in [1.807, 2.05) is 0 Å². The predicted molar refractivity (Wildman–Crippen MR) is 140 cm³/mol. The molecule has 0 heterocycles. The van der Waals surface area contributed by atoms with Crippen molar-refractivity contribution in [2.75, 3.05) is 6.61 Å². The lowest BCUT2D eigenvalue weighted by Crippen LogP contribution is -2.13. The fraction of sp³-hybridized carbons (Fsp3) is 0.742. The zero-order chi connectivity index (χ0) is 22.4. The van der Waals surface area contributed by atoms with E-state index < -0.39 is 0 Å². The highest BCUT2D eigenvalue weighted by Gasteiger charge is 2.22. The van der Waals surface area contributed by atoms with E-state index in [4.69, 9.17) is 4.74 Å². The first kappa shape index (κ1) is 25.4. The van der Waals surface area contributed by atoms with Gasteiger partial charge in [-0.1, -0.05) is 89.5 Å². The smallest absolute Gasteiger partial charge is 0.119 e. The molecule has 1 heteroatoms. The summed E-state index contributed by atoms with van der Waals surface area (Å²) in [5.41, 5.74) is 1.53. The molecule has 2 aliphatic carbocycles. The lowest BCUT2D eigenvalue weighted by Gasteiger charge is -2.29. The minimum Gasteiger partial charge on any atom is -0.490 e. The molecular formula is C31H50O. The van der Waals surface area contributed by atoms with Gasteiger partial charge in [-0.05, 0) is 92.7 Å².